The van der Waals surface area contributed by atoms with Gasteiger partial charge in [-0.05, 0) is 37.3 Å². The monoisotopic (exact) mass is 313 g/mol. The summed E-state index contributed by atoms with van der Waals surface area (Å²) >= 11 is 12.1. The zero-order chi connectivity index (χ0) is 14.4. The quantitative estimate of drug-likeness (QED) is 0.770. The molecule has 108 valence electrons. The molecule has 5 heteroatoms. The van der Waals surface area contributed by atoms with E-state index in [1.165, 1.54) is 0 Å². The summed E-state index contributed by atoms with van der Waals surface area (Å²) in [6.45, 7) is 4.87. The minimum absolute atomic E-state index is 0.625. The molecule has 1 N–H and O–H groups in total. The van der Waals surface area contributed by atoms with Crippen molar-refractivity contribution in [3.8, 4) is 11.3 Å². The molecule has 0 saturated heterocycles. The first-order valence-corrected chi connectivity index (χ1v) is 7.29. The van der Waals surface area contributed by atoms with Crippen molar-refractivity contribution >= 4 is 23.2 Å². The van der Waals surface area contributed by atoms with Gasteiger partial charge in [-0.15, -0.1) is 0 Å². The zero-order valence-electron chi connectivity index (χ0n) is 11.3. The Morgan fingerprint density at radius 2 is 2.05 bits per heavy atom. The van der Waals surface area contributed by atoms with Crippen molar-refractivity contribution in [1.82, 2.24) is 5.32 Å². The van der Waals surface area contributed by atoms with Crippen molar-refractivity contribution in [1.29, 1.82) is 0 Å². The third kappa shape index (κ3) is 4.25. The summed E-state index contributed by atoms with van der Waals surface area (Å²) in [5.41, 5.74) is 0.805. The van der Waals surface area contributed by atoms with Crippen LogP contribution in [-0.2, 0) is 11.3 Å². The largest absolute Gasteiger partial charge is 0.460 e. The molecule has 0 atom stereocenters. The molecule has 3 nitrogen and oxygen atoms in total. The van der Waals surface area contributed by atoms with E-state index in [0.29, 0.717) is 23.2 Å². The number of hydrogen-bond acceptors (Lipinski definition) is 3. The molecule has 20 heavy (non-hydrogen) atoms. The van der Waals surface area contributed by atoms with Crippen LogP contribution in [0.1, 0.15) is 12.7 Å². The Kier molecular flexibility index (Phi) is 5.92. The van der Waals surface area contributed by atoms with E-state index in [1.54, 1.807) is 18.2 Å². The summed E-state index contributed by atoms with van der Waals surface area (Å²) in [5.74, 6) is 1.58. The molecule has 2 rings (SSSR count). The van der Waals surface area contributed by atoms with Gasteiger partial charge in [0.05, 0.1) is 18.2 Å². The second-order valence-corrected chi connectivity index (χ2v) is 5.11. The van der Waals surface area contributed by atoms with Gasteiger partial charge in [0.1, 0.15) is 11.5 Å². The predicted octanol–water partition coefficient (Wildman–Crippen LogP) is 4.38. The lowest BCUT2D eigenvalue weighted by atomic mass is 10.2. The lowest BCUT2D eigenvalue weighted by molar-refractivity contribution is 0.148. The Bertz CT molecular complexity index is 555. The molecule has 1 aromatic heterocycles. The van der Waals surface area contributed by atoms with Gasteiger partial charge in [0.15, 0.2) is 0 Å². The van der Waals surface area contributed by atoms with Crippen LogP contribution < -0.4 is 5.32 Å². The molecule has 0 unspecified atom stereocenters. The van der Waals surface area contributed by atoms with Crippen LogP contribution in [0.2, 0.25) is 10.0 Å². The molecule has 2 aromatic rings. The number of halogens is 2. The molecule has 0 aliphatic heterocycles. The van der Waals surface area contributed by atoms with Gasteiger partial charge in [0, 0.05) is 23.7 Å². The molecule has 0 spiro atoms. The van der Waals surface area contributed by atoms with Crippen molar-refractivity contribution in [2.45, 2.75) is 13.5 Å². The topological polar surface area (TPSA) is 34.4 Å². The molecule has 0 bridgehead atoms. The number of furan rings is 1. The lowest BCUT2D eigenvalue weighted by Gasteiger charge is -2.03. The molecule has 0 saturated carbocycles. The van der Waals surface area contributed by atoms with Gasteiger partial charge < -0.3 is 14.5 Å². The van der Waals surface area contributed by atoms with Gasteiger partial charge in [-0.2, -0.15) is 0 Å². The number of benzene rings is 1. The van der Waals surface area contributed by atoms with E-state index in [1.807, 2.05) is 19.1 Å². The normalized spacial score (nSPS) is 10.9. The third-order valence-corrected chi connectivity index (χ3v) is 3.35. The van der Waals surface area contributed by atoms with E-state index in [9.17, 15) is 0 Å². The van der Waals surface area contributed by atoms with Crippen molar-refractivity contribution in [2.24, 2.45) is 0 Å². The second kappa shape index (κ2) is 7.70. The Morgan fingerprint density at radius 3 is 2.85 bits per heavy atom. The maximum absolute atomic E-state index is 6.15. The van der Waals surface area contributed by atoms with Gasteiger partial charge in [0.25, 0.3) is 0 Å². The molecule has 0 radical (unpaired) electrons. The fraction of sp³-hybridized carbons (Fsp3) is 0.333. The molecule has 0 aliphatic carbocycles. The number of rotatable bonds is 7. The average molecular weight is 314 g/mol. The zero-order valence-corrected chi connectivity index (χ0v) is 12.8. The van der Waals surface area contributed by atoms with E-state index in [4.69, 9.17) is 32.4 Å². The van der Waals surface area contributed by atoms with E-state index in [-0.39, 0.29) is 0 Å². The van der Waals surface area contributed by atoms with Crippen LogP contribution in [0.25, 0.3) is 11.3 Å². The van der Waals surface area contributed by atoms with Crippen LogP contribution in [0.5, 0.6) is 0 Å². The molecule has 0 fully saturated rings. The maximum Gasteiger partial charge on any atom is 0.135 e. The first-order valence-electron chi connectivity index (χ1n) is 6.53. The van der Waals surface area contributed by atoms with Crippen LogP contribution >= 0.6 is 23.2 Å². The van der Waals surface area contributed by atoms with Crippen LogP contribution in [0.3, 0.4) is 0 Å². The summed E-state index contributed by atoms with van der Waals surface area (Å²) in [6.07, 6.45) is 0. The molecular weight excluding hydrogens is 297 g/mol. The Morgan fingerprint density at radius 1 is 1.20 bits per heavy atom. The predicted molar refractivity (Wildman–Crippen MR) is 82.4 cm³/mol. The molecule has 0 aliphatic rings. The van der Waals surface area contributed by atoms with E-state index >= 15 is 0 Å². The molecule has 1 heterocycles. The average Bonchev–Trinajstić information content (AvgIpc) is 2.90. The van der Waals surface area contributed by atoms with Crippen LogP contribution in [0.4, 0.5) is 0 Å². The van der Waals surface area contributed by atoms with Crippen LogP contribution in [0.15, 0.2) is 34.7 Å². The Balaban J connectivity index is 1.96. The minimum atomic E-state index is 0.625. The van der Waals surface area contributed by atoms with Gasteiger partial charge in [-0.1, -0.05) is 23.2 Å². The molecule has 0 amide bonds. The van der Waals surface area contributed by atoms with Crippen LogP contribution in [-0.4, -0.2) is 19.8 Å². The van der Waals surface area contributed by atoms with Crippen molar-refractivity contribution < 1.29 is 9.15 Å². The lowest BCUT2D eigenvalue weighted by Crippen LogP contribution is -2.18. The van der Waals surface area contributed by atoms with Crippen LogP contribution in [0, 0.1) is 0 Å². The SMILES string of the molecule is CCOCCNCc1ccc(-c2cc(Cl)ccc2Cl)o1. The van der Waals surface area contributed by atoms with Gasteiger partial charge in [-0.3, -0.25) is 0 Å². The summed E-state index contributed by atoms with van der Waals surface area (Å²) in [4.78, 5) is 0. The number of hydrogen-bond donors (Lipinski definition) is 1. The van der Waals surface area contributed by atoms with E-state index < -0.39 is 0 Å². The first-order chi connectivity index (χ1) is 9.70. The summed E-state index contributed by atoms with van der Waals surface area (Å²) < 4.78 is 11.0. The van der Waals surface area contributed by atoms with Crippen molar-refractivity contribution in [3.05, 3.63) is 46.1 Å². The Labute approximate surface area is 128 Å². The highest BCUT2D eigenvalue weighted by atomic mass is 35.5. The third-order valence-electron chi connectivity index (χ3n) is 2.78. The van der Waals surface area contributed by atoms with E-state index in [0.717, 1.165) is 30.2 Å². The summed E-state index contributed by atoms with van der Waals surface area (Å²) in [7, 11) is 0. The number of ether oxygens (including phenoxy) is 1. The maximum atomic E-state index is 6.15. The summed E-state index contributed by atoms with van der Waals surface area (Å²) in [5, 5.41) is 4.51. The smallest absolute Gasteiger partial charge is 0.135 e. The van der Waals surface area contributed by atoms with Crippen molar-refractivity contribution in [3.63, 3.8) is 0 Å². The molecule has 1 aromatic carbocycles. The first kappa shape index (κ1) is 15.4. The van der Waals surface area contributed by atoms with Gasteiger partial charge in [-0.25, -0.2) is 0 Å². The number of nitrogens with one attached hydrogen (secondary N) is 1. The second-order valence-electron chi connectivity index (χ2n) is 4.26. The highest BCUT2D eigenvalue weighted by molar-refractivity contribution is 6.35. The van der Waals surface area contributed by atoms with E-state index in [2.05, 4.69) is 5.32 Å². The van der Waals surface area contributed by atoms with Crippen molar-refractivity contribution in [2.75, 3.05) is 19.8 Å². The highest BCUT2D eigenvalue weighted by Gasteiger charge is 2.09. The molecular formula is C15H17Cl2NO2. The fourth-order valence-corrected chi connectivity index (χ4v) is 2.19. The Hall–Kier alpha value is -1.00. The fourth-order valence-electron chi connectivity index (χ4n) is 1.80. The standard InChI is InChI=1S/C15H17Cl2NO2/c1-2-19-8-7-18-10-12-4-6-15(20-12)13-9-11(16)3-5-14(13)17/h3-6,9,18H,2,7-8,10H2,1H3. The van der Waals surface area contributed by atoms with Gasteiger partial charge in [0.2, 0.25) is 0 Å². The summed E-state index contributed by atoms with van der Waals surface area (Å²) in [6, 6.07) is 9.15. The van der Waals surface area contributed by atoms with Gasteiger partial charge >= 0.3 is 0 Å². The highest BCUT2D eigenvalue weighted by Crippen LogP contribution is 2.31. The minimum Gasteiger partial charge on any atom is -0.460 e.